The van der Waals surface area contributed by atoms with Crippen molar-refractivity contribution in [1.29, 1.82) is 0 Å². The third-order valence-corrected chi connectivity index (χ3v) is 5.46. The number of hydrogen-bond donors (Lipinski definition) is 2. The normalized spacial score (nSPS) is 11.1. The number of aromatic nitrogens is 4. The van der Waals surface area contributed by atoms with Gasteiger partial charge in [-0.3, -0.25) is 14.3 Å². The molecule has 0 saturated heterocycles. The maximum Gasteiger partial charge on any atom is 0.329 e. The molecule has 8 heteroatoms. The molecule has 0 spiro atoms. The van der Waals surface area contributed by atoms with E-state index in [0.717, 1.165) is 18.4 Å². The Kier molecular flexibility index (Phi) is 5.72. The van der Waals surface area contributed by atoms with E-state index in [-0.39, 0.29) is 0 Å². The van der Waals surface area contributed by atoms with Gasteiger partial charge in [0.15, 0.2) is 11.2 Å². The first kappa shape index (κ1) is 20.0. The fraction of sp³-hybridized carbons (Fsp3) is 0.227. The van der Waals surface area contributed by atoms with Crippen LogP contribution in [-0.4, -0.2) is 19.1 Å². The molecule has 4 aromatic rings. The first-order chi connectivity index (χ1) is 14.5. The summed E-state index contributed by atoms with van der Waals surface area (Å²) in [4.78, 5) is 31.5. The van der Waals surface area contributed by atoms with Gasteiger partial charge in [-0.05, 0) is 30.0 Å². The molecule has 0 unspecified atom stereocenters. The van der Waals surface area contributed by atoms with Crippen molar-refractivity contribution in [2.45, 2.75) is 25.9 Å². The van der Waals surface area contributed by atoms with Crippen molar-refractivity contribution in [3.05, 3.63) is 91.6 Å². The maximum atomic E-state index is 12.6. The number of nitrogens with one attached hydrogen (secondary N) is 2. The second-order valence-electron chi connectivity index (χ2n) is 7.11. The molecule has 4 rings (SSSR count). The van der Waals surface area contributed by atoms with Crippen LogP contribution in [0.5, 0.6) is 0 Å². The Balaban J connectivity index is 1.67. The lowest BCUT2D eigenvalue weighted by atomic mass is 10.1. The van der Waals surface area contributed by atoms with Crippen LogP contribution in [0, 0.1) is 0 Å². The molecule has 30 heavy (non-hydrogen) atoms. The number of fused-ring (bicyclic) bond motifs is 1. The largest absolute Gasteiger partial charge is 0.351 e. The van der Waals surface area contributed by atoms with E-state index < -0.39 is 11.2 Å². The molecule has 0 radical (unpaired) electrons. The minimum absolute atomic E-state index is 0.352. The van der Waals surface area contributed by atoms with Crippen LogP contribution < -0.4 is 16.6 Å². The van der Waals surface area contributed by atoms with Crippen LogP contribution >= 0.6 is 11.6 Å². The third-order valence-electron chi connectivity index (χ3n) is 5.09. The number of rotatable bonds is 7. The molecular formula is C22H22ClN5O2. The van der Waals surface area contributed by atoms with Crippen molar-refractivity contribution >= 4 is 28.7 Å². The van der Waals surface area contributed by atoms with Crippen LogP contribution in [0.3, 0.4) is 0 Å². The van der Waals surface area contributed by atoms with Crippen LogP contribution in [0.2, 0.25) is 5.02 Å². The molecule has 0 bridgehead atoms. The fourth-order valence-electron chi connectivity index (χ4n) is 3.49. The number of benzene rings is 2. The first-order valence-corrected chi connectivity index (χ1v) is 10.1. The van der Waals surface area contributed by atoms with E-state index in [1.807, 2.05) is 47.0 Å². The average Bonchev–Trinajstić information content (AvgIpc) is 3.11. The van der Waals surface area contributed by atoms with Crippen molar-refractivity contribution in [3.63, 3.8) is 0 Å². The summed E-state index contributed by atoms with van der Waals surface area (Å²) < 4.78 is 3.19. The van der Waals surface area contributed by atoms with E-state index in [2.05, 4.69) is 27.4 Å². The smallest absolute Gasteiger partial charge is 0.329 e. The zero-order chi connectivity index (χ0) is 21.1. The summed E-state index contributed by atoms with van der Waals surface area (Å²) >= 11 is 6.26. The molecule has 2 N–H and O–H groups in total. The summed E-state index contributed by atoms with van der Waals surface area (Å²) in [6, 6.07) is 17.7. The number of halogens is 1. The molecule has 0 aliphatic rings. The molecule has 0 atom stereocenters. The molecular weight excluding hydrogens is 402 g/mol. The Morgan fingerprint density at radius 1 is 1.07 bits per heavy atom. The molecule has 0 fully saturated rings. The maximum absolute atomic E-state index is 12.6. The lowest BCUT2D eigenvalue weighted by Crippen LogP contribution is -2.29. The Hall–Kier alpha value is -3.32. The zero-order valence-corrected chi connectivity index (χ0v) is 17.3. The quantitative estimate of drug-likeness (QED) is 0.477. The van der Waals surface area contributed by atoms with Crippen molar-refractivity contribution in [2.24, 2.45) is 7.05 Å². The number of nitrogens with zero attached hydrogens (tertiary/aromatic N) is 3. The summed E-state index contributed by atoms with van der Waals surface area (Å²) in [5.74, 6) is 0.532. The first-order valence-electron chi connectivity index (χ1n) is 9.75. The van der Waals surface area contributed by atoms with Crippen molar-refractivity contribution in [1.82, 2.24) is 19.1 Å². The number of anilines is 1. The molecule has 0 aliphatic carbocycles. The highest BCUT2D eigenvalue weighted by molar-refractivity contribution is 6.31. The molecule has 2 aromatic heterocycles. The summed E-state index contributed by atoms with van der Waals surface area (Å²) in [7, 11) is 1.60. The molecule has 0 aliphatic heterocycles. The minimum Gasteiger partial charge on any atom is -0.351 e. The van der Waals surface area contributed by atoms with Gasteiger partial charge in [-0.1, -0.05) is 60.1 Å². The summed E-state index contributed by atoms with van der Waals surface area (Å²) in [6.07, 6.45) is 1.69. The molecule has 0 saturated carbocycles. The predicted octanol–water partition coefficient (Wildman–Crippen LogP) is 3.32. The van der Waals surface area contributed by atoms with Gasteiger partial charge in [0, 0.05) is 25.2 Å². The number of H-pyrrole nitrogens is 1. The van der Waals surface area contributed by atoms with Gasteiger partial charge in [-0.2, -0.15) is 4.98 Å². The lowest BCUT2D eigenvalue weighted by Gasteiger charge is -2.11. The lowest BCUT2D eigenvalue weighted by molar-refractivity contribution is 0.658. The highest BCUT2D eigenvalue weighted by Gasteiger charge is 2.17. The standard InChI is InChI=1S/C22H22ClN5O2/c1-27-19-18(20(29)26-22(27)30)28(13-7-10-15-8-3-2-4-9-15)21(25-19)24-14-16-11-5-6-12-17(16)23/h2-6,8-9,11-12H,7,10,13-14H2,1H3,(H,24,25)(H,26,29,30). The van der Waals surface area contributed by atoms with Gasteiger partial charge in [0.05, 0.1) is 0 Å². The topological polar surface area (TPSA) is 84.7 Å². The van der Waals surface area contributed by atoms with Crippen LogP contribution in [0.1, 0.15) is 17.5 Å². The Bertz CT molecular complexity index is 1290. The van der Waals surface area contributed by atoms with E-state index in [0.29, 0.717) is 35.2 Å². The highest BCUT2D eigenvalue weighted by atomic mass is 35.5. The van der Waals surface area contributed by atoms with Crippen LogP contribution in [-0.2, 0) is 26.6 Å². The van der Waals surface area contributed by atoms with Gasteiger partial charge >= 0.3 is 5.69 Å². The Morgan fingerprint density at radius 3 is 2.57 bits per heavy atom. The van der Waals surface area contributed by atoms with Gasteiger partial charge < -0.3 is 9.88 Å². The molecule has 2 heterocycles. The van der Waals surface area contributed by atoms with Crippen molar-refractivity contribution in [2.75, 3.05) is 5.32 Å². The molecule has 7 nitrogen and oxygen atoms in total. The Labute approximate surface area is 178 Å². The average molecular weight is 424 g/mol. The monoisotopic (exact) mass is 423 g/mol. The molecule has 0 amide bonds. The minimum atomic E-state index is -0.487. The van der Waals surface area contributed by atoms with Crippen molar-refractivity contribution < 1.29 is 0 Å². The van der Waals surface area contributed by atoms with Crippen LogP contribution in [0.4, 0.5) is 5.95 Å². The third kappa shape index (κ3) is 4.02. The summed E-state index contributed by atoms with van der Waals surface area (Å²) in [5.41, 5.74) is 1.96. The van der Waals surface area contributed by atoms with E-state index >= 15 is 0 Å². The van der Waals surface area contributed by atoms with Crippen molar-refractivity contribution in [3.8, 4) is 0 Å². The van der Waals surface area contributed by atoms with E-state index in [4.69, 9.17) is 11.6 Å². The van der Waals surface area contributed by atoms with Gasteiger partial charge in [0.25, 0.3) is 5.56 Å². The molecule has 154 valence electrons. The zero-order valence-electron chi connectivity index (χ0n) is 16.6. The van der Waals surface area contributed by atoms with Crippen LogP contribution in [0.25, 0.3) is 11.2 Å². The van der Waals surface area contributed by atoms with E-state index in [1.165, 1.54) is 10.1 Å². The van der Waals surface area contributed by atoms with Gasteiger partial charge in [0.2, 0.25) is 5.95 Å². The Morgan fingerprint density at radius 2 is 1.80 bits per heavy atom. The summed E-state index contributed by atoms with van der Waals surface area (Å²) in [6.45, 7) is 1.03. The fourth-order valence-corrected chi connectivity index (χ4v) is 3.69. The SMILES string of the molecule is Cn1c(=O)[nH]c(=O)c2c1nc(NCc1ccccc1Cl)n2CCCc1ccccc1. The number of hydrogen-bond acceptors (Lipinski definition) is 4. The van der Waals surface area contributed by atoms with Gasteiger partial charge in [-0.15, -0.1) is 0 Å². The van der Waals surface area contributed by atoms with E-state index in [1.54, 1.807) is 7.05 Å². The second kappa shape index (κ2) is 8.59. The molecule has 2 aromatic carbocycles. The second-order valence-corrected chi connectivity index (χ2v) is 7.52. The van der Waals surface area contributed by atoms with Crippen LogP contribution in [0.15, 0.2) is 64.2 Å². The number of aryl methyl sites for hydroxylation is 3. The number of aromatic amines is 1. The summed E-state index contributed by atoms with van der Waals surface area (Å²) in [5, 5.41) is 3.94. The highest BCUT2D eigenvalue weighted by Crippen LogP contribution is 2.20. The predicted molar refractivity (Wildman–Crippen MR) is 119 cm³/mol. The van der Waals surface area contributed by atoms with Gasteiger partial charge in [0.1, 0.15) is 0 Å². The van der Waals surface area contributed by atoms with E-state index in [9.17, 15) is 9.59 Å². The number of imidazole rings is 1. The van der Waals surface area contributed by atoms with Gasteiger partial charge in [-0.25, -0.2) is 4.79 Å².